The minimum absolute atomic E-state index is 0.0311. The number of ether oxygens (including phenoxy) is 1. The zero-order valence-electron chi connectivity index (χ0n) is 16.1. The minimum atomic E-state index is -0.0611. The molecule has 2 atom stereocenters. The standard InChI is InChI=1S/C20H31N3O3/c1-4-26-17-7-5-15(6-8-17)23-14-16-13-20(2,3)18(23)9-11-22(16)19(25)21-10-12-24/h5-8,16,18,24H,4,9-14H2,1-3H3,(H,21,25)/t16-,18?/m1/s1. The summed E-state index contributed by atoms with van der Waals surface area (Å²) < 4.78 is 5.56. The number of rotatable bonds is 5. The highest BCUT2D eigenvalue weighted by atomic mass is 16.5. The molecule has 1 unspecified atom stereocenters. The Morgan fingerprint density at radius 2 is 2.08 bits per heavy atom. The maximum atomic E-state index is 12.5. The van der Waals surface area contributed by atoms with Gasteiger partial charge < -0.3 is 25.0 Å². The fourth-order valence-electron chi connectivity index (χ4n) is 4.50. The highest BCUT2D eigenvalue weighted by molar-refractivity contribution is 5.75. The van der Waals surface area contributed by atoms with Crippen LogP contribution in [0.15, 0.2) is 24.3 Å². The second-order valence-electron chi connectivity index (χ2n) is 7.88. The molecule has 144 valence electrons. The molecule has 1 aromatic carbocycles. The first kappa shape index (κ1) is 18.8. The molecule has 2 amide bonds. The predicted octanol–water partition coefficient (Wildman–Crippen LogP) is 2.47. The van der Waals surface area contributed by atoms with Crippen molar-refractivity contribution in [3.63, 3.8) is 0 Å². The molecule has 3 heterocycles. The van der Waals surface area contributed by atoms with E-state index in [2.05, 4.69) is 36.2 Å². The van der Waals surface area contributed by atoms with Gasteiger partial charge in [0.05, 0.1) is 19.3 Å². The van der Waals surface area contributed by atoms with Crippen LogP contribution in [-0.2, 0) is 0 Å². The molecule has 0 aromatic heterocycles. The van der Waals surface area contributed by atoms with Crippen LogP contribution in [-0.4, -0.2) is 61.0 Å². The lowest BCUT2D eigenvalue weighted by atomic mass is 9.74. The maximum Gasteiger partial charge on any atom is 0.317 e. The average Bonchev–Trinajstić information content (AvgIpc) is 2.87. The molecular formula is C20H31N3O3. The summed E-state index contributed by atoms with van der Waals surface area (Å²) in [6, 6.07) is 8.80. The van der Waals surface area contributed by atoms with Gasteiger partial charge in [-0.2, -0.15) is 0 Å². The molecule has 0 radical (unpaired) electrons. The fourth-order valence-corrected chi connectivity index (χ4v) is 4.50. The Morgan fingerprint density at radius 1 is 1.35 bits per heavy atom. The van der Waals surface area contributed by atoms with E-state index >= 15 is 0 Å². The van der Waals surface area contributed by atoms with Crippen molar-refractivity contribution in [1.29, 1.82) is 0 Å². The molecule has 0 saturated carbocycles. The van der Waals surface area contributed by atoms with E-state index < -0.39 is 0 Å². The molecular weight excluding hydrogens is 330 g/mol. The van der Waals surface area contributed by atoms with E-state index in [0.29, 0.717) is 19.2 Å². The van der Waals surface area contributed by atoms with Gasteiger partial charge in [-0.05, 0) is 49.4 Å². The van der Waals surface area contributed by atoms with Gasteiger partial charge in [-0.3, -0.25) is 0 Å². The molecule has 3 aliphatic rings. The first-order valence-electron chi connectivity index (χ1n) is 9.61. The van der Waals surface area contributed by atoms with Crippen LogP contribution in [0, 0.1) is 5.41 Å². The lowest BCUT2D eigenvalue weighted by Gasteiger charge is -2.49. The summed E-state index contributed by atoms with van der Waals surface area (Å²) in [6.45, 7) is 9.13. The zero-order chi connectivity index (χ0) is 18.7. The normalized spacial score (nSPS) is 24.3. The molecule has 26 heavy (non-hydrogen) atoms. The van der Waals surface area contributed by atoms with Crippen LogP contribution in [0.3, 0.4) is 0 Å². The Labute approximate surface area is 156 Å². The first-order chi connectivity index (χ1) is 12.5. The Hall–Kier alpha value is -1.95. The molecule has 3 fully saturated rings. The number of aliphatic hydroxyl groups excluding tert-OH is 1. The Kier molecular flexibility index (Phi) is 5.61. The van der Waals surface area contributed by atoms with Crippen molar-refractivity contribution in [1.82, 2.24) is 10.2 Å². The SMILES string of the molecule is CCOc1ccc(N2C[C@H]3CC(C)(C)C2CCN3C(=O)NCCO)cc1. The van der Waals surface area contributed by atoms with Crippen molar-refractivity contribution >= 4 is 11.7 Å². The number of urea groups is 1. The van der Waals surface area contributed by atoms with E-state index in [1.165, 1.54) is 5.69 Å². The van der Waals surface area contributed by atoms with E-state index in [9.17, 15) is 4.79 Å². The third-order valence-corrected chi connectivity index (χ3v) is 5.66. The van der Waals surface area contributed by atoms with Crippen molar-refractivity contribution in [2.45, 2.75) is 45.7 Å². The number of benzene rings is 1. The average molecular weight is 361 g/mol. The summed E-state index contributed by atoms with van der Waals surface area (Å²) >= 11 is 0. The van der Waals surface area contributed by atoms with Crippen molar-refractivity contribution in [2.75, 3.05) is 37.7 Å². The molecule has 3 saturated heterocycles. The number of aliphatic hydroxyl groups is 1. The summed E-state index contributed by atoms with van der Waals surface area (Å²) in [4.78, 5) is 17.0. The summed E-state index contributed by atoms with van der Waals surface area (Å²) in [5.74, 6) is 0.889. The molecule has 1 aromatic rings. The van der Waals surface area contributed by atoms with Gasteiger partial charge in [-0.25, -0.2) is 4.79 Å². The number of piperidine rings is 1. The molecule has 3 aliphatic heterocycles. The number of amides is 2. The molecule has 0 spiro atoms. The van der Waals surface area contributed by atoms with E-state index in [0.717, 1.165) is 31.7 Å². The van der Waals surface area contributed by atoms with Gasteiger partial charge in [0.1, 0.15) is 5.75 Å². The fraction of sp³-hybridized carbons (Fsp3) is 0.650. The number of carbonyl (C=O) groups excluding carboxylic acids is 1. The lowest BCUT2D eigenvalue weighted by Crippen LogP contribution is -2.57. The van der Waals surface area contributed by atoms with E-state index in [1.54, 1.807) is 0 Å². The monoisotopic (exact) mass is 361 g/mol. The van der Waals surface area contributed by atoms with Gasteiger partial charge in [-0.15, -0.1) is 0 Å². The summed E-state index contributed by atoms with van der Waals surface area (Å²) in [5, 5.41) is 11.8. The first-order valence-corrected chi connectivity index (χ1v) is 9.61. The third-order valence-electron chi connectivity index (χ3n) is 5.66. The number of carbonyl (C=O) groups is 1. The minimum Gasteiger partial charge on any atom is -0.494 e. The molecule has 4 rings (SSSR count). The number of hydrogen-bond donors (Lipinski definition) is 2. The molecule has 6 nitrogen and oxygen atoms in total. The summed E-state index contributed by atoms with van der Waals surface area (Å²) in [7, 11) is 0. The third kappa shape index (κ3) is 3.75. The number of hydrogen-bond acceptors (Lipinski definition) is 4. The van der Waals surface area contributed by atoms with Crippen LogP contribution in [0.5, 0.6) is 5.75 Å². The molecule has 6 heteroatoms. The van der Waals surface area contributed by atoms with Crippen LogP contribution in [0.25, 0.3) is 0 Å². The van der Waals surface area contributed by atoms with Gasteiger partial charge in [0.15, 0.2) is 0 Å². The number of fused-ring (bicyclic) bond motifs is 4. The zero-order valence-corrected chi connectivity index (χ0v) is 16.1. The van der Waals surface area contributed by atoms with Crippen LogP contribution in [0.1, 0.15) is 33.6 Å². The second kappa shape index (κ2) is 7.74. The molecule has 2 N–H and O–H groups in total. The van der Waals surface area contributed by atoms with Crippen LogP contribution in [0.2, 0.25) is 0 Å². The molecule has 2 bridgehead atoms. The van der Waals surface area contributed by atoms with Crippen molar-refractivity contribution in [2.24, 2.45) is 5.41 Å². The van der Waals surface area contributed by atoms with Gasteiger partial charge in [0.2, 0.25) is 0 Å². The highest BCUT2D eigenvalue weighted by Gasteiger charge is 2.47. The van der Waals surface area contributed by atoms with E-state index in [4.69, 9.17) is 9.84 Å². The highest BCUT2D eigenvalue weighted by Crippen LogP contribution is 2.43. The number of anilines is 1. The van der Waals surface area contributed by atoms with E-state index in [-0.39, 0.29) is 24.1 Å². The van der Waals surface area contributed by atoms with Gasteiger partial charge in [0.25, 0.3) is 0 Å². The summed E-state index contributed by atoms with van der Waals surface area (Å²) in [6.07, 6.45) is 1.95. The predicted molar refractivity (Wildman–Crippen MR) is 103 cm³/mol. The van der Waals surface area contributed by atoms with Gasteiger partial charge >= 0.3 is 6.03 Å². The second-order valence-corrected chi connectivity index (χ2v) is 7.88. The van der Waals surface area contributed by atoms with Crippen molar-refractivity contribution in [3.8, 4) is 5.75 Å². The Bertz CT molecular complexity index is 617. The largest absolute Gasteiger partial charge is 0.494 e. The Morgan fingerprint density at radius 3 is 2.73 bits per heavy atom. The van der Waals surface area contributed by atoms with E-state index in [1.807, 2.05) is 24.0 Å². The topological polar surface area (TPSA) is 65.0 Å². The number of nitrogens with zero attached hydrogens (tertiary/aromatic N) is 2. The van der Waals surface area contributed by atoms with Crippen LogP contribution in [0.4, 0.5) is 10.5 Å². The summed E-state index contributed by atoms with van der Waals surface area (Å²) in [5.41, 5.74) is 1.32. The van der Waals surface area contributed by atoms with Crippen LogP contribution >= 0.6 is 0 Å². The number of nitrogens with one attached hydrogen (secondary N) is 1. The smallest absolute Gasteiger partial charge is 0.317 e. The maximum absolute atomic E-state index is 12.5. The Balaban J connectivity index is 1.82. The van der Waals surface area contributed by atoms with Gasteiger partial charge in [0, 0.05) is 31.4 Å². The van der Waals surface area contributed by atoms with Crippen molar-refractivity contribution in [3.05, 3.63) is 24.3 Å². The lowest BCUT2D eigenvalue weighted by molar-refractivity contribution is 0.145. The quantitative estimate of drug-likeness (QED) is 0.846. The molecule has 0 aliphatic carbocycles. The van der Waals surface area contributed by atoms with Crippen molar-refractivity contribution < 1.29 is 14.6 Å². The van der Waals surface area contributed by atoms with Gasteiger partial charge in [-0.1, -0.05) is 13.8 Å². The van der Waals surface area contributed by atoms with Crippen LogP contribution < -0.4 is 15.0 Å².